The molecule has 0 radical (unpaired) electrons. The molecule has 0 aliphatic rings. The second-order valence-electron chi connectivity index (χ2n) is 3.98. The summed E-state index contributed by atoms with van der Waals surface area (Å²) < 4.78 is 4.96. The Hall–Kier alpha value is -2.34. The quantitative estimate of drug-likeness (QED) is 0.894. The van der Waals surface area contributed by atoms with E-state index in [1.807, 2.05) is 6.07 Å². The molecule has 0 aliphatic heterocycles. The van der Waals surface area contributed by atoms with E-state index in [-0.39, 0.29) is 16.7 Å². The monoisotopic (exact) mass is 292 g/mol. The lowest BCUT2D eigenvalue weighted by atomic mass is 10.2. The first-order chi connectivity index (χ1) is 9.60. The molecule has 0 aliphatic carbocycles. The van der Waals surface area contributed by atoms with Gasteiger partial charge >= 0.3 is 0 Å². The number of nitrogens with two attached hydrogens (primary N) is 1. The van der Waals surface area contributed by atoms with Gasteiger partial charge in [-0.3, -0.25) is 4.79 Å². The number of ether oxygens (including phenoxy) is 1. The van der Waals surface area contributed by atoms with Crippen LogP contribution in [-0.4, -0.2) is 23.0 Å². The number of aromatic nitrogens is 2. The van der Waals surface area contributed by atoms with Crippen molar-refractivity contribution in [3.05, 3.63) is 46.7 Å². The molecule has 0 saturated carbocycles. The first-order valence-electron chi connectivity index (χ1n) is 5.78. The molecule has 104 valence electrons. The molecule has 0 aromatic carbocycles. The highest BCUT2D eigenvalue weighted by Gasteiger charge is 2.11. The molecule has 2 rings (SSSR count). The Morgan fingerprint density at radius 3 is 2.85 bits per heavy atom. The fourth-order valence-corrected chi connectivity index (χ4v) is 1.73. The van der Waals surface area contributed by atoms with Crippen LogP contribution in [0.15, 0.2) is 30.6 Å². The minimum atomic E-state index is -0.320. The van der Waals surface area contributed by atoms with E-state index in [9.17, 15) is 4.79 Å². The Morgan fingerprint density at radius 2 is 2.20 bits per heavy atom. The molecule has 0 atom stereocenters. The fraction of sp³-hybridized carbons (Fsp3) is 0.154. The number of amides is 1. The average Bonchev–Trinajstić information content (AvgIpc) is 2.47. The highest BCUT2D eigenvalue weighted by molar-refractivity contribution is 6.33. The van der Waals surface area contributed by atoms with Crippen LogP contribution in [0.4, 0.5) is 5.82 Å². The zero-order valence-corrected chi connectivity index (χ0v) is 11.5. The van der Waals surface area contributed by atoms with Crippen LogP contribution in [0.3, 0.4) is 0 Å². The highest BCUT2D eigenvalue weighted by atomic mass is 35.5. The van der Waals surface area contributed by atoms with Crippen molar-refractivity contribution in [1.29, 1.82) is 0 Å². The number of hydrogen-bond acceptors (Lipinski definition) is 5. The predicted octanol–water partition coefficient (Wildman–Crippen LogP) is 1.65. The van der Waals surface area contributed by atoms with E-state index in [1.54, 1.807) is 19.4 Å². The van der Waals surface area contributed by atoms with Crippen LogP contribution < -0.4 is 15.8 Å². The summed E-state index contributed by atoms with van der Waals surface area (Å²) in [6.45, 7) is 0.328. The van der Waals surface area contributed by atoms with Crippen molar-refractivity contribution in [2.75, 3.05) is 12.8 Å². The van der Waals surface area contributed by atoms with Crippen LogP contribution in [0.1, 0.15) is 15.9 Å². The third-order valence-corrected chi connectivity index (χ3v) is 2.88. The molecule has 0 bridgehead atoms. The van der Waals surface area contributed by atoms with Crippen LogP contribution in [0, 0.1) is 0 Å². The van der Waals surface area contributed by atoms with Gasteiger partial charge in [-0.25, -0.2) is 9.97 Å². The average molecular weight is 293 g/mol. The maximum absolute atomic E-state index is 12.0. The van der Waals surface area contributed by atoms with E-state index in [0.29, 0.717) is 18.0 Å². The van der Waals surface area contributed by atoms with Gasteiger partial charge in [0.1, 0.15) is 5.82 Å². The number of pyridine rings is 2. The second-order valence-corrected chi connectivity index (χ2v) is 4.39. The van der Waals surface area contributed by atoms with Gasteiger partial charge in [-0.15, -0.1) is 0 Å². The smallest absolute Gasteiger partial charge is 0.253 e. The third-order valence-electron chi connectivity index (χ3n) is 2.58. The number of halogens is 1. The summed E-state index contributed by atoms with van der Waals surface area (Å²) in [4.78, 5) is 19.8. The SMILES string of the molecule is COc1ccc(CNC(=O)c2cc(N)ncc2Cl)cn1. The molecule has 0 saturated heterocycles. The fourth-order valence-electron chi connectivity index (χ4n) is 1.54. The summed E-state index contributed by atoms with van der Waals surface area (Å²) in [6, 6.07) is 4.97. The normalized spacial score (nSPS) is 10.1. The molecule has 0 spiro atoms. The zero-order chi connectivity index (χ0) is 14.5. The number of hydrogen-bond donors (Lipinski definition) is 2. The zero-order valence-electron chi connectivity index (χ0n) is 10.8. The lowest BCUT2D eigenvalue weighted by molar-refractivity contribution is 0.0951. The molecular weight excluding hydrogens is 280 g/mol. The summed E-state index contributed by atoms with van der Waals surface area (Å²) >= 11 is 5.90. The lowest BCUT2D eigenvalue weighted by Gasteiger charge is -2.07. The first-order valence-corrected chi connectivity index (χ1v) is 6.16. The van der Waals surface area contributed by atoms with Crippen molar-refractivity contribution in [1.82, 2.24) is 15.3 Å². The summed E-state index contributed by atoms with van der Waals surface area (Å²) in [5.41, 5.74) is 6.67. The molecule has 2 aromatic heterocycles. The topological polar surface area (TPSA) is 90.1 Å². The number of carbonyl (C=O) groups is 1. The van der Waals surface area contributed by atoms with Gasteiger partial charge in [-0.05, 0) is 11.6 Å². The number of methoxy groups -OCH3 is 1. The standard InChI is InChI=1S/C13H13ClN4O2/c1-20-12-3-2-8(5-17-12)6-18-13(19)9-4-11(15)16-7-10(9)14/h2-5,7H,6H2,1H3,(H2,15,16)(H,18,19). The number of nitrogens with zero attached hydrogens (tertiary/aromatic N) is 2. The molecule has 1 amide bonds. The molecule has 0 unspecified atom stereocenters. The maximum atomic E-state index is 12.0. The van der Waals surface area contributed by atoms with Crippen molar-refractivity contribution >= 4 is 23.3 Å². The van der Waals surface area contributed by atoms with Gasteiger partial charge in [0, 0.05) is 25.0 Å². The van der Waals surface area contributed by atoms with Crippen molar-refractivity contribution in [3.63, 3.8) is 0 Å². The maximum Gasteiger partial charge on any atom is 0.253 e. The second kappa shape index (κ2) is 6.21. The largest absolute Gasteiger partial charge is 0.481 e. The van der Waals surface area contributed by atoms with E-state index in [1.165, 1.54) is 12.3 Å². The van der Waals surface area contributed by atoms with E-state index < -0.39 is 0 Å². The Bertz CT molecular complexity index is 616. The Balaban J connectivity index is 2.02. The lowest BCUT2D eigenvalue weighted by Crippen LogP contribution is -2.23. The van der Waals surface area contributed by atoms with Crippen molar-refractivity contribution < 1.29 is 9.53 Å². The van der Waals surface area contributed by atoms with Crippen LogP contribution in [0.2, 0.25) is 5.02 Å². The molecular formula is C13H13ClN4O2. The predicted molar refractivity (Wildman–Crippen MR) is 75.6 cm³/mol. The summed E-state index contributed by atoms with van der Waals surface area (Å²) in [5.74, 6) is 0.440. The van der Waals surface area contributed by atoms with Gasteiger partial charge in [0.05, 0.1) is 17.7 Å². The van der Waals surface area contributed by atoms with Crippen LogP contribution in [0.5, 0.6) is 5.88 Å². The number of nitrogens with one attached hydrogen (secondary N) is 1. The van der Waals surface area contributed by atoms with Gasteiger partial charge in [-0.2, -0.15) is 0 Å². The van der Waals surface area contributed by atoms with Gasteiger partial charge in [0.15, 0.2) is 0 Å². The van der Waals surface area contributed by atoms with Gasteiger partial charge in [-0.1, -0.05) is 17.7 Å². The Labute approximate surface area is 120 Å². The summed E-state index contributed by atoms with van der Waals surface area (Å²) in [5, 5.41) is 2.99. The van der Waals surface area contributed by atoms with Crippen molar-refractivity contribution in [2.45, 2.75) is 6.54 Å². The summed E-state index contributed by atoms with van der Waals surface area (Å²) in [6.07, 6.45) is 2.97. The molecule has 6 nitrogen and oxygen atoms in total. The third kappa shape index (κ3) is 3.36. The Kier molecular flexibility index (Phi) is 4.37. The molecule has 3 N–H and O–H groups in total. The van der Waals surface area contributed by atoms with Crippen molar-refractivity contribution in [3.8, 4) is 5.88 Å². The van der Waals surface area contributed by atoms with Crippen LogP contribution >= 0.6 is 11.6 Å². The van der Waals surface area contributed by atoms with E-state index in [0.717, 1.165) is 5.56 Å². The summed E-state index contributed by atoms with van der Waals surface area (Å²) in [7, 11) is 1.54. The number of carbonyl (C=O) groups excluding carboxylic acids is 1. The molecule has 7 heteroatoms. The van der Waals surface area contributed by atoms with Crippen LogP contribution in [-0.2, 0) is 6.54 Å². The highest BCUT2D eigenvalue weighted by Crippen LogP contribution is 2.16. The van der Waals surface area contributed by atoms with Crippen LogP contribution in [0.25, 0.3) is 0 Å². The Morgan fingerprint density at radius 1 is 1.40 bits per heavy atom. The van der Waals surface area contributed by atoms with Crippen molar-refractivity contribution in [2.24, 2.45) is 0 Å². The molecule has 20 heavy (non-hydrogen) atoms. The molecule has 0 fully saturated rings. The number of rotatable bonds is 4. The number of nitrogen functional groups attached to an aromatic ring is 1. The molecule has 2 heterocycles. The van der Waals surface area contributed by atoms with Gasteiger partial charge < -0.3 is 15.8 Å². The van der Waals surface area contributed by atoms with E-state index in [2.05, 4.69) is 15.3 Å². The minimum Gasteiger partial charge on any atom is -0.481 e. The van der Waals surface area contributed by atoms with Gasteiger partial charge in [0.2, 0.25) is 5.88 Å². The minimum absolute atomic E-state index is 0.241. The van der Waals surface area contributed by atoms with E-state index in [4.69, 9.17) is 22.1 Å². The molecule has 2 aromatic rings. The first kappa shape index (κ1) is 14.1. The van der Waals surface area contributed by atoms with E-state index >= 15 is 0 Å². The van der Waals surface area contributed by atoms with Gasteiger partial charge in [0.25, 0.3) is 5.91 Å². The number of anilines is 1.